The van der Waals surface area contributed by atoms with Crippen LogP contribution in [0.2, 0.25) is 10.0 Å². The highest BCUT2D eigenvalue weighted by Crippen LogP contribution is 2.30. The number of nitrogens with one attached hydrogen (secondary N) is 1. The van der Waals surface area contributed by atoms with Gasteiger partial charge in [-0.2, -0.15) is 0 Å². The van der Waals surface area contributed by atoms with E-state index in [1.54, 1.807) is 18.2 Å². The first-order chi connectivity index (χ1) is 8.54. The summed E-state index contributed by atoms with van der Waals surface area (Å²) in [7, 11) is 0. The van der Waals surface area contributed by atoms with Crippen molar-refractivity contribution in [3.8, 4) is 0 Å². The molecule has 2 rings (SSSR count). The van der Waals surface area contributed by atoms with E-state index in [4.69, 9.17) is 27.9 Å². The summed E-state index contributed by atoms with van der Waals surface area (Å²) in [6, 6.07) is 4.69. The van der Waals surface area contributed by atoms with E-state index in [1.165, 1.54) is 0 Å². The second kappa shape index (κ2) is 5.59. The quantitative estimate of drug-likeness (QED) is 0.867. The summed E-state index contributed by atoms with van der Waals surface area (Å²) in [6.07, 6.45) is 1.70. The van der Waals surface area contributed by atoms with Crippen LogP contribution in [0.25, 0.3) is 0 Å². The fourth-order valence-electron chi connectivity index (χ4n) is 1.40. The zero-order chi connectivity index (χ0) is 13.1. The molecule has 18 heavy (non-hydrogen) atoms. The van der Waals surface area contributed by atoms with Crippen LogP contribution in [-0.4, -0.2) is 18.5 Å². The first kappa shape index (κ1) is 13.2. The van der Waals surface area contributed by atoms with Crippen molar-refractivity contribution in [1.82, 2.24) is 0 Å². The van der Waals surface area contributed by atoms with Crippen LogP contribution in [0, 0.1) is 5.92 Å². The molecule has 1 N–H and O–H groups in total. The highest BCUT2D eigenvalue weighted by atomic mass is 35.5. The third kappa shape index (κ3) is 3.89. The second-order valence-corrected chi connectivity index (χ2v) is 4.96. The number of rotatable bonds is 4. The van der Waals surface area contributed by atoms with Crippen molar-refractivity contribution < 1.29 is 14.3 Å². The zero-order valence-corrected chi connectivity index (χ0v) is 10.9. The maximum atomic E-state index is 11.5. The molecule has 96 valence electrons. The average molecular weight is 288 g/mol. The Bertz CT molecular complexity index is 466. The van der Waals surface area contributed by atoms with Gasteiger partial charge in [-0.1, -0.05) is 23.2 Å². The number of esters is 1. The van der Waals surface area contributed by atoms with Gasteiger partial charge in [0, 0.05) is 15.7 Å². The van der Waals surface area contributed by atoms with E-state index in [0.717, 1.165) is 12.8 Å². The topological polar surface area (TPSA) is 55.4 Å². The van der Waals surface area contributed by atoms with Crippen molar-refractivity contribution in [2.45, 2.75) is 12.8 Å². The smallest absolute Gasteiger partial charge is 0.309 e. The van der Waals surface area contributed by atoms with Crippen molar-refractivity contribution in [3.63, 3.8) is 0 Å². The van der Waals surface area contributed by atoms with E-state index in [-0.39, 0.29) is 18.5 Å². The predicted octanol–water partition coefficient (Wildman–Crippen LogP) is 2.89. The molecule has 0 atom stereocenters. The van der Waals surface area contributed by atoms with E-state index in [1.807, 2.05) is 0 Å². The highest BCUT2D eigenvalue weighted by molar-refractivity contribution is 6.35. The average Bonchev–Trinajstić information content (AvgIpc) is 3.08. The maximum absolute atomic E-state index is 11.5. The lowest BCUT2D eigenvalue weighted by Crippen LogP contribution is -2.21. The van der Waals surface area contributed by atoms with Gasteiger partial charge in [-0.15, -0.1) is 0 Å². The molecule has 6 heteroatoms. The minimum Gasteiger partial charge on any atom is -0.455 e. The summed E-state index contributed by atoms with van der Waals surface area (Å²) < 4.78 is 4.84. The Balaban J connectivity index is 1.84. The molecule has 0 aromatic heterocycles. The molecule has 0 bridgehead atoms. The van der Waals surface area contributed by atoms with Gasteiger partial charge in [0.2, 0.25) is 0 Å². The molecule has 0 heterocycles. The van der Waals surface area contributed by atoms with Crippen LogP contribution in [0.4, 0.5) is 5.69 Å². The minimum absolute atomic E-state index is 0.0154. The fraction of sp³-hybridized carbons (Fsp3) is 0.333. The molecule has 1 aromatic rings. The number of halogens is 2. The Kier molecular flexibility index (Phi) is 4.09. The lowest BCUT2D eigenvalue weighted by Gasteiger charge is -2.07. The van der Waals surface area contributed by atoms with Crippen molar-refractivity contribution in [3.05, 3.63) is 28.2 Å². The fourth-order valence-corrected chi connectivity index (χ4v) is 1.92. The van der Waals surface area contributed by atoms with Gasteiger partial charge in [-0.05, 0) is 31.0 Å². The first-order valence-electron chi connectivity index (χ1n) is 5.47. The van der Waals surface area contributed by atoms with Gasteiger partial charge in [0.25, 0.3) is 5.91 Å². The molecular weight excluding hydrogens is 277 g/mol. The number of amides is 1. The monoisotopic (exact) mass is 287 g/mol. The van der Waals surface area contributed by atoms with E-state index >= 15 is 0 Å². The zero-order valence-electron chi connectivity index (χ0n) is 9.41. The van der Waals surface area contributed by atoms with Gasteiger partial charge < -0.3 is 10.1 Å². The molecule has 1 aliphatic rings. The van der Waals surface area contributed by atoms with Crippen molar-refractivity contribution in [2.75, 3.05) is 11.9 Å². The Hall–Kier alpha value is -1.26. The molecule has 0 unspecified atom stereocenters. The molecule has 1 fully saturated rings. The van der Waals surface area contributed by atoms with Gasteiger partial charge in [-0.3, -0.25) is 9.59 Å². The van der Waals surface area contributed by atoms with Crippen LogP contribution >= 0.6 is 23.2 Å². The summed E-state index contributed by atoms with van der Waals surface area (Å²) in [5.74, 6) is -0.741. The van der Waals surface area contributed by atoms with Crippen molar-refractivity contribution in [1.29, 1.82) is 0 Å². The number of ether oxygens (including phenoxy) is 1. The van der Waals surface area contributed by atoms with Gasteiger partial charge in [0.15, 0.2) is 6.61 Å². The van der Waals surface area contributed by atoms with Crippen LogP contribution < -0.4 is 5.32 Å². The molecule has 0 radical (unpaired) electrons. The van der Waals surface area contributed by atoms with E-state index in [9.17, 15) is 9.59 Å². The third-order valence-corrected chi connectivity index (χ3v) is 2.84. The molecule has 0 spiro atoms. The summed E-state index contributed by atoms with van der Waals surface area (Å²) in [4.78, 5) is 22.7. The largest absolute Gasteiger partial charge is 0.455 e. The van der Waals surface area contributed by atoms with Crippen LogP contribution in [0.3, 0.4) is 0 Å². The van der Waals surface area contributed by atoms with Crippen LogP contribution in [0.5, 0.6) is 0 Å². The van der Waals surface area contributed by atoms with Crippen LogP contribution in [0.1, 0.15) is 12.8 Å². The Labute approximate surface area is 114 Å². The molecule has 0 aliphatic heterocycles. The number of benzene rings is 1. The van der Waals surface area contributed by atoms with E-state index in [2.05, 4.69) is 5.32 Å². The number of carbonyl (C=O) groups excluding carboxylic acids is 2. The van der Waals surface area contributed by atoms with E-state index < -0.39 is 5.91 Å². The van der Waals surface area contributed by atoms with Gasteiger partial charge in [0.05, 0.1) is 5.92 Å². The van der Waals surface area contributed by atoms with E-state index in [0.29, 0.717) is 15.7 Å². The second-order valence-electron chi connectivity index (χ2n) is 4.09. The summed E-state index contributed by atoms with van der Waals surface area (Å²) in [5, 5.41) is 3.40. The molecule has 1 aliphatic carbocycles. The van der Waals surface area contributed by atoms with Gasteiger partial charge >= 0.3 is 5.97 Å². The molecule has 4 nitrogen and oxygen atoms in total. The standard InChI is InChI=1S/C12H11Cl2NO3/c13-8-3-9(14)5-10(4-8)15-11(16)6-18-12(17)7-1-2-7/h3-5,7H,1-2,6H2,(H,15,16). The van der Waals surface area contributed by atoms with Gasteiger partial charge in [-0.25, -0.2) is 0 Å². The minimum atomic E-state index is -0.415. The predicted molar refractivity (Wildman–Crippen MR) is 68.8 cm³/mol. The third-order valence-electron chi connectivity index (χ3n) is 2.40. The normalized spacial score (nSPS) is 14.1. The number of carbonyl (C=O) groups is 2. The first-order valence-corrected chi connectivity index (χ1v) is 6.23. The number of hydrogen-bond donors (Lipinski definition) is 1. The molecule has 1 aromatic carbocycles. The van der Waals surface area contributed by atoms with Crippen LogP contribution in [0.15, 0.2) is 18.2 Å². The highest BCUT2D eigenvalue weighted by Gasteiger charge is 2.31. The lowest BCUT2D eigenvalue weighted by molar-refractivity contribution is -0.148. The molecule has 0 saturated heterocycles. The summed E-state index contributed by atoms with van der Waals surface area (Å²) in [5.41, 5.74) is 0.472. The SMILES string of the molecule is O=C(COC(=O)C1CC1)Nc1cc(Cl)cc(Cl)c1. The lowest BCUT2D eigenvalue weighted by atomic mass is 10.3. The van der Waals surface area contributed by atoms with Crippen molar-refractivity contribution in [2.24, 2.45) is 5.92 Å². The summed E-state index contributed by atoms with van der Waals surface area (Å²) >= 11 is 11.6. The summed E-state index contributed by atoms with van der Waals surface area (Å²) in [6.45, 7) is -0.292. The Morgan fingerprint density at radius 2 is 1.83 bits per heavy atom. The Morgan fingerprint density at radius 1 is 1.22 bits per heavy atom. The number of hydrogen-bond acceptors (Lipinski definition) is 3. The van der Waals surface area contributed by atoms with Crippen LogP contribution in [-0.2, 0) is 14.3 Å². The molecule has 1 amide bonds. The molecular formula is C12H11Cl2NO3. The van der Waals surface area contributed by atoms with Crippen molar-refractivity contribution >= 4 is 40.8 Å². The number of anilines is 1. The van der Waals surface area contributed by atoms with Gasteiger partial charge in [0.1, 0.15) is 0 Å². The molecule has 1 saturated carbocycles. The Morgan fingerprint density at radius 3 is 2.39 bits per heavy atom. The maximum Gasteiger partial charge on any atom is 0.309 e.